The van der Waals surface area contributed by atoms with Crippen LogP contribution in [0.5, 0.6) is 0 Å². The van der Waals surface area contributed by atoms with Gasteiger partial charge < -0.3 is 5.11 Å². The molecule has 7 nitrogen and oxygen atoms in total. The Hall–Kier alpha value is -2.83. The fourth-order valence-electron chi connectivity index (χ4n) is 4.22. The Morgan fingerprint density at radius 2 is 1.63 bits per heavy atom. The van der Waals surface area contributed by atoms with Gasteiger partial charge in [0.1, 0.15) is 5.76 Å². The summed E-state index contributed by atoms with van der Waals surface area (Å²) in [5.74, 6) is -2.02. The third-order valence-electron chi connectivity index (χ3n) is 5.26. The van der Waals surface area contributed by atoms with Gasteiger partial charge in [-0.1, -0.05) is 6.92 Å². The van der Waals surface area contributed by atoms with Crippen molar-refractivity contribution in [2.24, 2.45) is 0 Å². The Labute approximate surface area is 157 Å². The summed E-state index contributed by atoms with van der Waals surface area (Å²) in [6.45, 7) is 7.80. The standard InChI is InChI=1S/C20H23NO6/c1-6-14(23)19-15(24)7-13(8-16(19)25)18-9(2)17(12(5)22)10(3)20(11(18)4)21(26)27/h13,23H,6-8H2,1-5H3. The molecule has 1 N–H and O–H groups in total. The van der Waals surface area contributed by atoms with E-state index in [1.165, 1.54) is 13.8 Å². The number of hydrogen-bond donors (Lipinski definition) is 1. The molecule has 0 aromatic heterocycles. The first-order valence-corrected chi connectivity index (χ1v) is 8.80. The predicted octanol–water partition coefficient (Wildman–Crippen LogP) is 3.96. The van der Waals surface area contributed by atoms with Crippen LogP contribution in [-0.2, 0) is 9.59 Å². The third-order valence-corrected chi connectivity index (χ3v) is 5.26. The van der Waals surface area contributed by atoms with Crippen LogP contribution in [0.25, 0.3) is 0 Å². The molecule has 0 saturated heterocycles. The van der Waals surface area contributed by atoms with Crippen LogP contribution in [0.4, 0.5) is 5.69 Å². The quantitative estimate of drug-likeness (QED) is 0.213. The SMILES string of the molecule is CCC(O)=C1C(=O)CC(c2c(C)c(C(C)=O)c(C)c([N+](=O)[O-])c2C)CC1=O. The largest absolute Gasteiger partial charge is 0.511 e. The highest BCUT2D eigenvalue weighted by atomic mass is 16.6. The zero-order valence-electron chi connectivity index (χ0n) is 16.1. The lowest BCUT2D eigenvalue weighted by Gasteiger charge is -2.27. The van der Waals surface area contributed by atoms with Gasteiger partial charge in [0.15, 0.2) is 17.3 Å². The summed E-state index contributed by atoms with van der Waals surface area (Å²) in [4.78, 5) is 48.1. The van der Waals surface area contributed by atoms with Crippen LogP contribution in [0.2, 0.25) is 0 Å². The lowest BCUT2D eigenvalue weighted by Crippen LogP contribution is -2.27. The molecule has 0 amide bonds. The van der Waals surface area contributed by atoms with Crippen LogP contribution < -0.4 is 0 Å². The minimum absolute atomic E-state index is 0.0373. The molecule has 0 aliphatic heterocycles. The molecular weight excluding hydrogens is 350 g/mol. The molecule has 1 aromatic rings. The maximum absolute atomic E-state index is 12.5. The molecule has 1 fully saturated rings. The number of Topliss-reactive ketones (excluding diaryl/α,β-unsaturated/α-hetero) is 3. The van der Waals surface area contributed by atoms with Crippen molar-refractivity contribution >= 4 is 23.0 Å². The molecule has 0 spiro atoms. The van der Waals surface area contributed by atoms with Crippen molar-refractivity contribution in [2.45, 2.75) is 59.8 Å². The summed E-state index contributed by atoms with van der Waals surface area (Å²) < 4.78 is 0. The second kappa shape index (κ2) is 7.42. The van der Waals surface area contributed by atoms with Crippen molar-refractivity contribution in [1.29, 1.82) is 0 Å². The zero-order valence-corrected chi connectivity index (χ0v) is 16.1. The minimum atomic E-state index is -0.559. The van der Waals surface area contributed by atoms with Gasteiger partial charge in [-0.05, 0) is 44.7 Å². The highest BCUT2D eigenvalue weighted by Crippen LogP contribution is 2.42. The van der Waals surface area contributed by atoms with Gasteiger partial charge in [0.05, 0.1) is 10.5 Å². The van der Waals surface area contributed by atoms with Gasteiger partial charge in [-0.25, -0.2) is 0 Å². The molecule has 0 unspecified atom stereocenters. The minimum Gasteiger partial charge on any atom is -0.511 e. The Morgan fingerprint density at radius 1 is 1.11 bits per heavy atom. The molecule has 0 atom stereocenters. The van der Waals surface area contributed by atoms with Crippen LogP contribution in [0.3, 0.4) is 0 Å². The summed E-state index contributed by atoms with van der Waals surface area (Å²) in [7, 11) is 0. The normalized spacial score (nSPS) is 17.2. The first-order valence-electron chi connectivity index (χ1n) is 8.80. The molecule has 1 aromatic carbocycles. The average molecular weight is 373 g/mol. The highest BCUT2D eigenvalue weighted by molar-refractivity contribution is 6.22. The third kappa shape index (κ3) is 3.41. The van der Waals surface area contributed by atoms with E-state index < -0.39 is 22.4 Å². The van der Waals surface area contributed by atoms with Crippen LogP contribution in [0.1, 0.15) is 71.6 Å². The number of allylic oxidation sites excluding steroid dienone is 2. The number of carbonyl (C=O) groups excluding carboxylic acids is 3. The molecule has 1 saturated carbocycles. The maximum atomic E-state index is 12.5. The fourth-order valence-corrected chi connectivity index (χ4v) is 4.22. The Balaban J connectivity index is 2.70. The van der Waals surface area contributed by atoms with E-state index in [9.17, 15) is 29.6 Å². The van der Waals surface area contributed by atoms with Crippen LogP contribution in [-0.4, -0.2) is 27.4 Å². The fraction of sp³-hybridized carbons (Fsp3) is 0.450. The van der Waals surface area contributed by atoms with E-state index in [1.807, 2.05) is 0 Å². The van der Waals surface area contributed by atoms with Gasteiger partial charge in [-0.15, -0.1) is 0 Å². The lowest BCUT2D eigenvalue weighted by molar-refractivity contribution is -0.386. The van der Waals surface area contributed by atoms with Gasteiger partial charge in [-0.2, -0.15) is 0 Å². The van der Waals surface area contributed by atoms with Gasteiger partial charge in [0, 0.05) is 36.0 Å². The van der Waals surface area contributed by atoms with Crippen molar-refractivity contribution in [1.82, 2.24) is 0 Å². The number of hydrogen-bond acceptors (Lipinski definition) is 6. The monoisotopic (exact) mass is 373 g/mol. The van der Waals surface area contributed by atoms with Gasteiger partial charge in [0.25, 0.3) is 5.69 Å². The predicted molar refractivity (Wildman–Crippen MR) is 99.2 cm³/mol. The van der Waals surface area contributed by atoms with Crippen molar-refractivity contribution in [3.05, 3.63) is 49.3 Å². The molecule has 2 rings (SSSR count). The Morgan fingerprint density at radius 3 is 2.04 bits per heavy atom. The van der Waals surface area contributed by atoms with Crippen LogP contribution in [0.15, 0.2) is 11.3 Å². The first kappa shape index (κ1) is 20.5. The van der Waals surface area contributed by atoms with Crippen molar-refractivity contribution in [3.8, 4) is 0 Å². The smallest absolute Gasteiger partial charge is 0.276 e. The number of aliphatic hydroxyl groups excluding tert-OH is 1. The molecule has 1 aliphatic rings. The summed E-state index contributed by atoms with van der Waals surface area (Å²) in [5.41, 5.74) is 1.69. The van der Waals surface area contributed by atoms with E-state index in [2.05, 4.69) is 0 Å². The molecule has 27 heavy (non-hydrogen) atoms. The van der Waals surface area contributed by atoms with Crippen molar-refractivity contribution in [3.63, 3.8) is 0 Å². The average Bonchev–Trinajstić information content (AvgIpc) is 2.52. The molecular formula is C20H23NO6. The number of nitro groups is 1. The van der Waals surface area contributed by atoms with E-state index in [0.29, 0.717) is 22.3 Å². The summed E-state index contributed by atoms with van der Waals surface area (Å²) in [6, 6.07) is 0. The number of aliphatic hydroxyl groups is 1. The van der Waals surface area contributed by atoms with E-state index in [4.69, 9.17) is 0 Å². The second-order valence-electron chi connectivity index (χ2n) is 6.95. The van der Waals surface area contributed by atoms with Crippen LogP contribution >= 0.6 is 0 Å². The summed E-state index contributed by atoms with van der Waals surface area (Å²) in [6.07, 6.45) is 0.106. The van der Waals surface area contributed by atoms with Crippen LogP contribution in [0, 0.1) is 30.9 Å². The first-order chi connectivity index (χ1) is 12.5. The number of benzene rings is 1. The van der Waals surface area contributed by atoms with Crippen molar-refractivity contribution < 1.29 is 24.4 Å². The highest BCUT2D eigenvalue weighted by Gasteiger charge is 2.37. The maximum Gasteiger partial charge on any atom is 0.276 e. The molecule has 1 aliphatic carbocycles. The van der Waals surface area contributed by atoms with E-state index in [1.54, 1.807) is 20.8 Å². The molecule has 0 bridgehead atoms. The van der Waals surface area contributed by atoms with Crippen molar-refractivity contribution in [2.75, 3.05) is 0 Å². The summed E-state index contributed by atoms with van der Waals surface area (Å²) in [5, 5.41) is 21.5. The lowest BCUT2D eigenvalue weighted by atomic mass is 9.74. The van der Waals surface area contributed by atoms with E-state index in [-0.39, 0.29) is 47.6 Å². The molecule has 0 radical (unpaired) electrons. The number of carbonyl (C=O) groups is 3. The molecule has 144 valence electrons. The number of nitro benzene ring substituents is 1. The number of ketones is 3. The topological polar surface area (TPSA) is 115 Å². The Kier molecular flexibility index (Phi) is 5.63. The Bertz CT molecular complexity index is 849. The van der Waals surface area contributed by atoms with E-state index >= 15 is 0 Å². The summed E-state index contributed by atoms with van der Waals surface area (Å²) >= 11 is 0. The van der Waals surface area contributed by atoms with Gasteiger partial charge in [-0.3, -0.25) is 24.5 Å². The van der Waals surface area contributed by atoms with Gasteiger partial charge in [0.2, 0.25) is 0 Å². The van der Waals surface area contributed by atoms with E-state index in [0.717, 1.165) is 0 Å². The number of rotatable bonds is 4. The number of nitrogens with zero attached hydrogens (tertiary/aromatic N) is 1. The molecule has 0 heterocycles. The second-order valence-corrected chi connectivity index (χ2v) is 6.95. The molecule has 7 heteroatoms. The zero-order chi connectivity index (χ0) is 20.6. The van der Waals surface area contributed by atoms with Gasteiger partial charge >= 0.3 is 0 Å².